The second-order valence-corrected chi connectivity index (χ2v) is 14.5. The van der Waals surface area contributed by atoms with E-state index in [0.29, 0.717) is 5.95 Å². The summed E-state index contributed by atoms with van der Waals surface area (Å²) in [4.78, 5) is 10.9. The van der Waals surface area contributed by atoms with Gasteiger partial charge in [0.2, 0.25) is 5.95 Å². The summed E-state index contributed by atoms with van der Waals surface area (Å²) in [6.07, 6.45) is 2.94. The van der Waals surface area contributed by atoms with Gasteiger partial charge >= 0.3 is 0 Å². The van der Waals surface area contributed by atoms with E-state index in [0.717, 1.165) is 66.6 Å². The molecule has 10 aromatic rings. The van der Waals surface area contributed by atoms with Gasteiger partial charge in [0.15, 0.2) is 0 Å². The summed E-state index contributed by atoms with van der Waals surface area (Å²) in [7, 11) is 0. The van der Waals surface area contributed by atoms with E-state index < -0.39 is 0 Å². The van der Waals surface area contributed by atoms with Crippen molar-refractivity contribution in [3.63, 3.8) is 0 Å². The normalized spacial score (nSPS) is 10.7. The Hall–Kier alpha value is -7.01. The summed E-state index contributed by atoms with van der Waals surface area (Å²) in [5.74, 6) is 0.624. The highest BCUT2D eigenvalue weighted by Gasteiger charge is 2.21. The Balaban J connectivity index is 0.000000957. The molecule has 0 unspecified atom stereocenters. The number of hydrogen-bond acceptors (Lipinski definition) is 3. The van der Waals surface area contributed by atoms with Crippen LogP contribution in [0, 0.1) is 0 Å². The molecule has 3 nitrogen and oxygen atoms in total. The van der Waals surface area contributed by atoms with Gasteiger partial charge in [-0.1, -0.05) is 196 Å². The van der Waals surface area contributed by atoms with Gasteiger partial charge in [0, 0.05) is 27.5 Å². The van der Waals surface area contributed by atoms with Gasteiger partial charge in [-0.15, -0.1) is 0 Å². The molecule has 0 atom stereocenters. The van der Waals surface area contributed by atoms with Crippen LogP contribution >= 0.6 is 12.6 Å². The van der Waals surface area contributed by atoms with Crippen LogP contribution in [0.2, 0.25) is 0 Å². The summed E-state index contributed by atoms with van der Waals surface area (Å²) >= 11 is 3.53. The fourth-order valence-corrected chi connectivity index (χ4v) is 7.75. The van der Waals surface area contributed by atoms with E-state index in [1.807, 2.05) is 0 Å². The van der Waals surface area contributed by atoms with Crippen molar-refractivity contribution in [2.45, 2.75) is 20.3 Å². The fourth-order valence-electron chi connectivity index (χ4n) is 7.75. The summed E-state index contributed by atoms with van der Waals surface area (Å²) in [5, 5.41) is 2.31. The molecule has 0 amide bonds. The molecule has 0 aliphatic rings. The maximum absolute atomic E-state index is 5.45. The van der Waals surface area contributed by atoms with Gasteiger partial charge in [-0.25, -0.2) is 9.97 Å². The predicted octanol–water partition coefficient (Wildman–Crippen LogP) is 15.5. The van der Waals surface area contributed by atoms with Crippen LogP contribution in [-0.4, -0.2) is 20.8 Å². The Kier molecular flexibility index (Phi) is 12.4. The highest BCUT2D eigenvalue weighted by Crippen LogP contribution is 2.41. The first-order valence-corrected chi connectivity index (χ1v) is 21.4. The number of nitrogens with zero attached hydrogens (tertiary/aromatic N) is 3. The van der Waals surface area contributed by atoms with Gasteiger partial charge < -0.3 is 0 Å². The lowest BCUT2D eigenvalue weighted by molar-refractivity contribution is 0.996. The van der Waals surface area contributed by atoms with Crippen molar-refractivity contribution in [1.29, 1.82) is 0 Å². The quantitative estimate of drug-likeness (QED) is 0.163. The second kappa shape index (κ2) is 18.7. The molecule has 0 aliphatic carbocycles. The van der Waals surface area contributed by atoms with E-state index in [9.17, 15) is 0 Å². The van der Waals surface area contributed by atoms with Crippen molar-refractivity contribution in [2.75, 3.05) is 6.26 Å². The first kappa shape index (κ1) is 39.8. The van der Waals surface area contributed by atoms with Crippen LogP contribution in [0.25, 0.3) is 94.8 Å². The number of benzene rings is 8. The third-order valence-corrected chi connectivity index (χ3v) is 10.4. The highest BCUT2D eigenvalue weighted by molar-refractivity contribution is 7.79. The highest BCUT2D eigenvalue weighted by atomic mass is 32.1. The Labute approximate surface area is 359 Å². The average molecular weight is 794 g/mol. The summed E-state index contributed by atoms with van der Waals surface area (Å²) in [6, 6.07) is 75.1. The Morgan fingerprint density at radius 3 is 1.27 bits per heavy atom. The lowest BCUT2D eigenvalue weighted by Gasteiger charge is -2.15. The van der Waals surface area contributed by atoms with Crippen molar-refractivity contribution in [2.24, 2.45) is 0 Å². The Bertz CT molecular complexity index is 2880. The van der Waals surface area contributed by atoms with Gasteiger partial charge in [0.1, 0.15) is 0 Å². The minimum absolute atomic E-state index is 0.624. The predicted molar refractivity (Wildman–Crippen MR) is 260 cm³/mol. The molecule has 0 N–H and O–H groups in total. The SMILES string of the molecule is CCC.CS.c1ccc(-c2cccc(-c3cc(-c4cccc(-c5ccccc5)c4)nc(-n4c5ccccc5c5cc(-c6ccccc6)cc(-c6ccccc6)c54)n3)c2)cc1. The van der Waals surface area contributed by atoms with Gasteiger partial charge in [-0.2, -0.15) is 12.6 Å². The number of rotatable bonds is 7. The lowest BCUT2D eigenvalue weighted by atomic mass is 9.95. The second-order valence-electron chi connectivity index (χ2n) is 14.5. The van der Waals surface area contributed by atoms with Crippen LogP contribution < -0.4 is 0 Å². The molecule has 0 fully saturated rings. The lowest BCUT2D eigenvalue weighted by Crippen LogP contribution is -2.05. The topological polar surface area (TPSA) is 30.7 Å². The maximum Gasteiger partial charge on any atom is 0.235 e. The molecule has 4 heteroatoms. The molecule has 8 aromatic carbocycles. The first-order chi connectivity index (χ1) is 29.7. The maximum atomic E-state index is 5.45. The van der Waals surface area contributed by atoms with Crippen LogP contribution in [0.4, 0.5) is 0 Å². The largest absolute Gasteiger partial charge is 0.277 e. The smallest absolute Gasteiger partial charge is 0.235 e. The van der Waals surface area contributed by atoms with Crippen molar-refractivity contribution in [3.05, 3.63) is 212 Å². The van der Waals surface area contributed by atoms with Crippen molar-refractivity contribution < 1.29 is 0 Å². The zero-order valence-corrected chi connectivity index (χ0v) is 35.1. The van der Waals surface area contributed by atoms with Crippen molar-refractivity contribution >= 4 is 34.4 Å². The van der Waals surface area contributed by atoms with E-state index in [1.165, 1.54) is 28.7 Å². The standard InChI is InChI=1S/C52H35N3.C3H8.CH4S/c1-5-17-36(18-6-1)40-25-15-27-42(31-40)48-35-49(43-28-16-26-41(32-43)37-19-7-2-8-20-37)54-52(53-48)55-50-30-14-13-29-45(50)47-34-44(38-21-9-3-10-22-38)33-46(51(47)55)39-23-11-4-12-24-39;1-3-2;1-2/h1-35H;3H2,1-2H3;2H,1H3. The third kappa shape index (κ3) is 8.29. The van der Waals surface area contributed by atoms with Crippen molar-refractivity contribution in [1.82, 2.24) is 14.5 Å². The van der Waals surface area contributed by atoms with Gasteiger partial charge in [0.25, 0.3) is 0 Å². The number of fused-ring (bicyclic) bond motifs is 3. The molecule has 60 heavy (non-hydrogen) atoms. The number of thiol groups is 1. The number of para-hydroxylation sites is 1. The van der Waals surface area contributed by atoms with E-state index in [-0.39, 0.29) is 0 Å². The van der Waals surface area contributed by atoms with Crippen LogP contribution in [0.5, 0.6) is 0 Å². The molecular weight excluding hydrogens is 747 g/mol. The van der Waals surface area contributed by atoms with Crippen LogP contribution in [-0.2, 0) is 0 Å². The molecule has 2 aromatic heterocycles. The zero-order valence-electron chi connectivity index (χ0n) is 34.2. The van der Waals surface area contributed by atoms with Crippen LogP contribution in [0.3, 0.4) is 0 Å². The van der Waals surface area contributed by atoms with Gasteiger partial charge in [0.05, 0.1) is 22.4 Å². The summed E-state index contributed by atoms with van der Waals surface area (Å²) in [6.45, 7) is 4.25. The molecule has 10 rings (SSSR count). The molecule has 0 aliphatic heterocycles. The van der Waals surface area contributed by atoms with E-state index >= 15 is 0 Å². The summed E-state index contributed by atoms with van der Waals surface area (Å²) < 4.78 is 2.27. The fraction of sp³-hybridized carbons (Fsp3) is 0.0714. The van der Waals surface area contributed by atoms with Crippen LogP contribution in [0.1, 0.15) is 20.3 Å². The molecule has 0 saturated heterocycles. The van der Waals surface area contributed by atoms with E-state index in [2.05, 4.69) is 243 Å². The monoisotopic (exact) mass is 793 g/mol. The third-order valence-electron chi connectivity index (χ3n) is 10.4. The van der Waals surface area contributed by atoms with Crippen molar-refractivity contribution in [3.8, 4) is 73.0 Å². The zero-order chi connectivity index (χ0) is 41.3. The molecule has 2 heterocycles. The summed E-state index contributed by atoms with van der Waals surface area (Å²) in [5.41, 5.74) is 15.1. The minimum atomic E-state index is 0.624. The van der Waals surface area contributed by atoms with Crippen LogP contribution in [0.15, 0.2) is 212 Å². The number of aromatic nitrogens is 3. The van der Waals surface area contributed by atoms with E-state index in [1.54, 1.807) is 6.26 Å². The first-order valence-electron chi connectivity index (χ1n) is 20.5. The minimum Gasteiger partial charge on any atom is -0.277 e. The van der Waals surface area contributed by atoms with E-state index in [4.69, 9.17) is 9.97 Å². The number of hydrogen-bond donors (Lipinski definition) is 1. The molecule has 292 valence electrons. The molecule has 0 saturated carbocycles. The van der Waals surface area contributed by atoms with Gasteiger partial charge in [-0.05, 0) is 81.6 Å². The Morgan fingerprint density at radius 1 is 0.367 bits per heavy atom. The molecule has 0 radical (unpaired) electrons. The average Bonchev–Trinajstić information content (AvgIpc) is 3.67. The molecule has 0 bridgehead atoms. The molecular formula is C56H47N3S. The molecule has 0 spiro atoms. The van der Waals surface area contributed by atoms with Gasteiger partial charge in [-0.3, -0.25) is 4.57 Å². The Morgan fingerprint density at radius 2 is 0.767 bits per heavy atom.